The van der Waals surface area contributed by atoms with Crippen LogP contribution in [-0.4, -0.2) is 19.6 Å². The molecule has 2 aromatic rings. The Balaban J connectivity index is 2.83. The lowest BCUT2D eigenvalue weighted by atomic mass is 10.4. The van der Waals surface area contributed by atoms with Crippen molar-refractivity contribution in [1.29, 1.82) is 0 Å². The SMILES string of the molecule is O=c1[nH]c2nc(C(F)(F)F)cc(=O)n2nc1CBr. The molecule has 0 aliphatic rings. The van der Waals surface area contributed by atoms with Crippen LogP contribution in [0.5, 0.6) is 0 Å². The van der Waals surface area contributed by atoms with Crippen LogP contribution in [0.1, 0.15) is 11.4 Å². The van der Waals surface area contributed by atoms with E-state index in [2.05, 4.69) is 31.0 Å². The predicted octanol–water partition coefficient (Wildman–Crippen LogP) is 0.692. The van der Waals surface area contributed by atoms with E-state index in [-0.39, 0.29) is 11.0 Å². The van der Waals surface area contributed by atoms with Gasteiger partial charge in [0.25, 0.3) is 11.1 Å². The third kappa shape index (κ3) is 2.15. The molecule has 0 amide bonds. The van der Waals surface area contributed by atoms with Gasteiger partial charge in [-0.15, -0.1) is 0 Å². The predicted molar refractivity (Wildman–Crippen MR) is 57.5 cm³/mol. The van der Waals surface area contributed by atoms with E-state index in [9.17, 15) is 22.8 Å². The number of fused-ring (bicyclic) bond motifs is 1. The molecule has 0 aromatic carbocycles. The summed E-state index contributed by atoms with van der Waals surface area (Å²) in [5.41, 5.74) is -3.15. The van der Waals surface area contributed by atoms with E-state index >= 15 is 0 Å². The van der Waals surface area contributed by atoms with Crippen molar-refractivity contribution >= 4 is 21.7 Å². The molecule has 0 radical (unpaired) electrons. The van der Waals surface area contributed by atoms with Gasteiger partial charge in [0.05, 0.1) is 5.33 Å². The highest BCUT2D eigenvalue weighted by molar-refractivity contribution is 9.08. The molecule has 0 unspecified atom stereocenters. The smallest absolute Gasteiger partial charge is 0.289 e. The molecule has 0 aliphatic heterocycles. The third-order valence-corrected chi connectivity index (χ3v) is 2.55. The second-order valence-corrected chi connectivity index (χ2v) is 3.81. The van der Waals surface area contributed by atoms with Gasteiger partial charge in [0.15, 0.2) is 5.69 Å². The van der Waals surface area contributed by atoms with Gasteiger partial charge in [0, 0.05) is 6.07 Å². The Morgan fingerprint density at radius 2 is 2.06 bits per heavy atom. The lowest BCUT2D eigenvalue weighted by Crippen LogP contribution is -2.28. The molecule has 0 atom stereocenters. The van der Waals surface area contributed by atoms with Crippen LogP contribution in [0.4, 0.5) is 13.2 Å². The van der Waals surface area contributed by atoms with Gasteiger partial charge in [-0.2, -0.15) is 22.8 Å². The highest BCUT2D eigenvalue weighted by atomic mass is 79.9. The Bertz CT molecular complexity index is 721. The summed E-state index contributed by atoms with van der Waals surface area (Å²) in [7, 11) is 0. The number of aromatic amines is 1. The average molecular weight is 325 g/mol. The number of nitrogens with zero attached hydrogens (tertiary/aromatic N) is 3. The highest BCUT2D eigenvalue weighted by Gasteiger charge is 2.33. The fraction of sp³-hybridized carbons (Fsp3) is 0.250. The quantitative estimate of drug-likeness (QED) is 0.783. The number of hydrogen-bond donors (Lipinski definition) is 1. The summed E-state index contributed by atoms with van der Waals surface area (Å²) in [6.07, 6.45) is -4.76. The molecule has 0 bridgehead atoms. The first kappa shape index (κ1) is 12.7. The number of nitrogens with one attached hydrogen (secondary N) is 1. The summed E-state index contributed by atoms with van der Waals surface area (Å²) < 4.78 is 37.8. The lowest BCUT2D eigenvalue weighted by molar-refractivity contribution is -0.141. The number of aromatic nitrogens is 4. The number of H-pyrrole nitrogens is 1. The van der Waals surface area contributed by atoms with Crippen molar-refractivity contribution in [3.63, 3.8) is 0 Å². The molecule has 0 saturated carbocycles. The lowest BCUT2D eigenvalue weighted by Gasteiger charge is -2.06. The van der Waals surface area contributed by atoms with Crippen LogP contribution in [0.3, 0.4) is 0 Å². The molecule has 2 heterocycles. The molecular weight excluding hydrogens is 321 g/mol. The Labute approximate surface area is 105 Å². The van der Waals surface area contributed by atoms with E-state index in [1.807, 2.05) is 0 Å². The molecule has 96 valence electrons. The first-order valence-corrected chi connectivity index (χ1v) is 5.61. The van der Waals surface area contributed by atoms with Crippen LogP contribution in [-0.2, 0) is 11.5 Å². The number of halogens is 4. The van der Waals surface area contributed by atoms with Gasteiger partial charge >= 0.3 is 6.18 Å². The van der Waals surface area contributed by atoms with Gasteiger partial charge < -0.3 is 0 Å². The second kappa shape index (κ2) is 4.19. The van der Waals surface area contributed by atoms with E-state index in [1.165, 1.54) is 0 Å². The molecule has 2 rings (SSSR count). The Morgan fingerprint density at radius 3 is 2.61 bits per heavy atom. The molecule has 18 heavy (non-hydrogen) atoms. The Kier molecular flexibility index (Phi) is 2.97. The van der Waals surface area contributed by atoms with E-state index in [0.29, 0.717) is 10.6 Å². The first-order chi connectivity index (χ1) is 8.32. The van der Waals surface area contributed by atoms with Gasteiger partial charge in [-0.1, -0.05) is 15.9 Å². The molecular formula is C8H4BrF3N4O2. The van der Waals surface area contributed by atoms with Gasteiger partial charge in [-0.3, -0.25) is 14.6 Å². The molecule has 2 aromatic heterocycles. The Morgan fingerprint density at radius 1 is 1.39 bits per heavy atom. The molecule has 1 N–H and O–H groups in total. The van der Waals surface area contributed by atoms with Crippen LogP contribution >= 0.6 is 15.9 Å². The van der Waals surface area contributed by atoms with Crippen molar-refractivity contribution in [3.8, 4) is 0 Å². The number of alkyl halides is 4. The first-order valence-electron chi connectivity index (χ1n) is 4.49. The maximum absolute atomic E-state index is 12.4. The summed E-state index contributed by atoms with van der Waals surface area (Å²) in [5, 5.41) is 3.66. The van der Waals surface area contributed by atoms with Crippen molar-refractivity contribution in [1.82, 2.24) is 19.6 Å². The van der Waals surface area contributed by atoms with E-state index < -0.39 is 28.8 Å². The van der Waals surface area contributed by atoms with Crippen molar-refractivity contribution in [2.75, 3.05) is 0 Å². The average Bonchev–Trinajstić information content (AvgIpc) is 2.26. The molecule has 6 nitrogen and oxygen atoms in total. The maximum Gasteiger partial charge on any atom is 0.433 e. The van der Waals surface area contributed by atoms with Crippen molar-refractivity contribution < 1.29 is 13.2 Å². The summed E-state index contributed by atoms with van der Waals surface area (Å²) in [5.74, 6) is -0.551. The van der Waals surface area contributed by atoms with Crippen LogP contribution in [0.25, 0.3) is 5.78 Å². The fourth-order valence-electron chi connectivity index (χ4n) is 1.23. The van der Waals surface area contributed by atoms with Crippen molar-refractivity contribution in [2.45, 2.75) is 11.5 Å². The Hall–Kier alpha value is -1.71. The second-order valence-electron chi connectivity index (χ2n) is 3.25. The van der Waals surface area contributed by atoms with Crippen molar-refractivity contribution in [3.05, 3.63) is 38.2 Å². The molecule has 0 spiro atoms. The van der Waals surface area contributed by atoms with Gasteiger partial charge in [-0.25, -0.2) is 4.98 Å². The van der Waals surface area contributed by atoms with E-state index in [4.69, 9.17) is 0 Å². The molecule has 0 aliphatic carbocycles. The zero-order chi connectivity index (χ0) is 13.5. The highest BCUT2D eigenvalue weighted by Crippen LogP contribution is 2.26. The standard InChI is InChI=1S/C8H4BrF3N4O2/c9-2-3-6(18)14-7-13-4(8(10,11)12)1-5(17)16(7)15-3/h1H,2H2,(H,13,14,18). The van der Waals surface area contributed by atoms with E-state index in [1.54, 1.807) is 0 Å². The summed E-state index contributed by atoms with van der Waals surface area (Å²) in [6.45, 7) is 0. The minimum atomic E-state index is -4.76. The van der Waals surface area contributed by atoms with Gasteiger partial charge in [-0.05, 0) is 0 Å². The summed E-state index contributed by atoms with van der Waals surface area (Å²) in [4.78, 5) is 28.0. The minimum absolute atomic E-state index is 0.0360. The molecule has 10 heteroatoms. The third-order valence-electron chi connectivity index (χ3n) is 2.02. The van der Waals surface area contributed by atoms with Crippen LogP contribution in [0.15, 0.2) is 15.7 Å². The van der Waals surface area contributed by atoms with Crippen LogP contribution in [0, 0.1) is 0 Å². The monoisotopic (exact) mass is 324 g/mol. The zero-order valence-electron chi connectivity index (χ0n) is 8.45. The number of hydrogen-bond acceptors (Lipinski definition) is 4. The van der Waals surface area contributed by atoms with Crippen LogP contribution < -0.4 is 11.1 Å². The zero-order valence-corrected chi connectivity index (χ0v) is 10.0. The largest absolute Gasteiger partial charge is 0.433 e. The van der Waals surface area contributed by atoms with E-state index in [0.717, 1.165) is 0 Å². The summed E-state index contributed by atoms with van der Waals surface area (Å²) >= 11 is 2.97. The molecule has 0 saturated heterocycles. The van der Waals surface area contributed by atoms with Gasteiger partial charge in [0.1, 0.15) is 5.69 Å². The molecule has 0 fully saturated rings. The topological polar surface area (TPSA) is 80.1 Å². The normalized spacial score (nSPS) is 12.0. The minimum Gasteiger partial charge on any atom is -0.289 e. The number of rotatable bonds is 1. The fourth-order valence-corrected chi connectivity index (χ4v) is 1.59. The van der Waals surface area contributed by atoms with Gasteiger partial charge in [0.2, 0.25) is 5.78 Å². The summed E-state index contributed by atoms with van der Waals surface area (Å²) in [6, 6.07) is 0.316. The maximum atomic E-state index is 12.4. The van der Waals surface area contributed by atoms with Crippen molar-refractivity contribution in [2.24, 2.45) is 0 Å². The van der Waals surface area contributed by atoms with Crippen LogP contribution in [0.2, 0.25) is 0 Å².